The van der Waals surface area contributed by atoms with E-state index in [0.29, 0.717) is 5.88 Å². The molecule has 138 valence electrons. The third kappa shape index (κ3) is 3.95. The van der Waals surface area contributed by atoms with Crippen LogP contribution in [0.15, 0.2) is 12.1 Å². The first kappa shape index (κ1) is 18.5. The Hall–Kier alpha value is -1.27. The molecule has 25 heavy (non-hydrogen) atoms. The molecule has 2 aliphatic rings. The lowest BCUT2D eigenvalue weighted by molar-refractivity contribution is 0.00578. The highest BCUT2D eigenvalue weighted by atomic mass is 16.7. The van der Waals surface area contributed by atoms with Crippen molar-refractivity contribution >= 4 is 18.4 Å². The molecule has 6 heteroatoms. The SMILES string of the molecule is CC(C)(C)Oc1cc(B2OC(C)(C)C(C)(C)O2)cc(N2CCCC2)n1. The molecule has 0 amide bonds. The number of anilines is 1. The van der Waals surface area contributed by atoms with E-state index in [1.54, 1.807) is 0 Å². The fraction of sp³-hybridized carbons (Fsp3) is 0.737. The molecule has 1 aromatic heterocycles. The van der Waals surface area contributed by atoms with E-state index < -0.39 is 7.12 Å². The van der Waals surface area contributed by atoms with Crippen LogP contribution in [0.1, 0.15) is 61.3 Å². The molecule has 1 aromatic rings. The second kappa shape index (κ2) is 6.17. The topological polar surface area (TPSA) is 43.8 Å². The number of nitrogens with zero attached hydrogens (tertiary/aromatic N) is 2. The van der Waals surface area contributed by atoms with Crippen LogP contribution in [0.2, 0.25) is 0 Å². The molecule has 0 radical (unpaired) electrons. The molecule has 2 aliphatic heterocycles. The Balaban J connectivity index is 1.95. The van der Waals surface area contributed by atoms with Crippen LogP contribution in [-0.2, 0) is 9.31 Å². The standard InChI is InChI=1S/C19H31BN2O3/c1-17(2,3)23-16-13-14(12-15(21-16)22-10-8-9-11-22)20-24-18(4,5)19(6,7)25-20/h12-13H,8-11H2,1-7H3. The quantitative estimate of drug-likeness (QED) is 0.787. The zero-order chi connectivity index (χ0) is 18.5. The molecule has 0 N–H and O–H groups in total. The van der Waals surface area contributed by atoms with Gasteiger partial charge in [0.2, 0.25) is 5.88 Å². The molecule has 2 saturated heterocycles. The van der Waals surface area contributed by atoms with Crippen LogP contribution in [0.3, 0.4) is 0 Å². The van der Waals surface area contributed by atoms with Gasteiger partial charge in [-0.2, -0.15) is 4.98 Å². The first-order valence-electron chi connectivity index (χ1n) is 9.28. The average molecular weight is 346 g/mol. The molecule has 0 aliphatic carbocycles. The van der Waals surface area contributed by atoms with Crippen LogP contribution in [0.25, 0.3) is 0 Å². The summed E-state index contributed by atoms with van der Waals surface area (Å²) in [5.41, 5.74) is -0.0570. The molecule has 0 unspecified atom stereocenters. The Morgan fingerprint density at radius 3 is 2.12 bits per heavy atom. The van der Waals surface area contributed by atoms with Gasteiger partial charge < -0.3 is 18.9 Å². The molecule has 0 atom stereocenters. The van der Waals surface area contributed by atoms with Crippen molar-refractivity contribution in [1.82, 2.24) is 4.98 Å². The van der Waals surface area contributed by atoms with Crippen LogP contribution in [0.4, 0.5) is 5.82 Å². The fourth-order valence-corrected chi connectivity index (χ4v) is 3.10. The van der Waals surface area contributed by atoms with Gasteiger partial charge in [0.25, 0.3) is 0 Å². The van der Waals surface area contributed by atoms with E-state index >= 15 is 0 Å². The number of hydrogen-bond acceptors (Lipinski definition) is 5. The minimum absolute atomic E-state index is 0.302. The van der Waals surface area contributed by atoms with Gasteiger partial charge in [0, 0.05) is 19.2 Å². The monoisotopic (exact) mass is 346 g/mol. The van der Waals surface area contributed by atoms with Crippen LogP contribution < -0.4 is 15.1 Å². The Bertz CT molecular complexity index is 618. The molecular weight excluding hydrogens is 315 g/mol. The van der Waals surface area contributed by atoms with E-state index in [4.69, 9.17) is 19.0 Å². The van der Waals surface area contributed by atoms with Gasteiger partial charge in [-0.05, 0) is 72.8 Å². The maximum Gasteiger partial charge on any atom is 0.495 e. The summed E-state index contributed by atoms with van der Waals surface area (Å²) in [5.74, 6) is 1.57. The average Bonchev–Trinajstić information content (AvgIpc) is 3.04. The van der Waals surface area contributed by atoms with E-state index in [-0.39, 0.29) is 16.8 Å². The predicted octanol–water partition coefficient (Wildman–Crippen LogP) is 3.16. The smallest absolute Gasteiger partial charge is 0.472 e. The van der Waals surface area contributed by atoms with Gasteiger partial charge in [-0.3, -0.25) is 0 Å². The van der Waals surface area contributed by atoms with Crippen LogP contribution in [0, 0.1) is 0 Å². The lowest BCUT2D eigenvalue weighted by Crippen LogP contribution is -2.41. The largest absolute Gasteiger partial charge is 0.495 e. The van der Waals surface area contributed by atoms with Crippen LogP contribution in [-0.4, -0.2) is 42.0 Å². The van der Waals surface area contributed by atoms with Crippen molar-refractivity contribution in [2.75, 3.05) is 18.0 Å². The van der Waals surface area contributed by atoms with Gasteiger partial charge in [-0.25, -0.2) is 0 Å². The molecule has 0 spiro atoms. The molecule has 3 rings (SSSR count). The second-order valence-corrected chi connectivity index (χ2v) is 9.09. The third-order valence-electron chi connectivity index (χ3n) is 5.18. The Labute approximate surface area is 152 Å². The van der Waals surface area contributed by atoms with Gasteiger partial charge in [-0.1, -0.05) is 0 Å². The van der Waals surface area contributed by atoms with E-state index in [9.17, 15) is 0 Å². The highest BCUT2D eigenvalue weighted by molar-refractivity contribution is 6.62. The minimum Gasteiger partial charge on any atom is -0.472 e. The third-order valence-corrected chi connectivity index (χ3v) is 5.18. The molecule has 0 aromatic carbocycles. The number of hydrogen-bond donors (Lipinski definition) is 0. The molecular formula is C19H31BN2O3. The highest BCUT2D eigenvalue weighted by Crippen LogP contribution is 2.37. The summed E-state index contributed by atoms with van der Waals surface area (Å²) in [6, 6.07) is 4.04. The summed E-state index contributed by atoms with van der Waals surface area (Å²) in [6.07, 6.45) is 2.41. The van der Waals surface area contributed by atoms with E-state index in [1.165, 1.54) is 12.8 Å². The van der Waals surface area contributed by atoms with Crippen molar-refractivity contribution in [2.45, 2.75) is 78.1 Å². The minimum atomic E-state index is -0.406. The molecule has 0 bridgehead atoms. The lowest BCUT2D eigenvalue weighted by Gasteiger charge is -2.32. The molecule has 3 heterocycles. The van der Waals surface area contributed by atoms with Crippen molar-refractivity contribution in [2.24, 2.45) is 0 Å². The van der Waals surface area contributed by atoms with Gasteiger partial charge >= 0.3 is 7.12 Å². The van der Waals surface area contributed by atoms with E-state index in [1.807, 2.05) is 26.8 Å². The summed E-state index contributed by atoms with van der Waals surface area (Å²) in [5, 5.41) is 0. The van der Waals surface area contributed by atoms with Crippen molar-refractivity contribution in [3.8, 4) is 5.88 Å². The molecule has 2 fully saturated rings. The predicted molar refractivity (Wildman–Crippen MR) is 102 cm³/mol. The molecule has 5 nitrogen and oxygen atoms in total. The summed E-state index contributed by atoms with van der Waals surface area (Å²) in [7, 11) is -0.406. The van der Waals surface area contributed by atoms with Gasteiger partial charge in [0.15, 0.2) is 0 Å². The normalized spacial score (nSPS) is 22.5. The van der Waals surface area contributed by atoms with Gasteiger partial charge in [-0.15, -0.1) is 0 Å². The summed E-state index contributed by atoms with van der Waals surface area (Å²) in [4.78, 5) is 7.05. The van der Waals surface area contributed by atoms with Crippen molar-refractivity contribution < 1.29 is 14.0 Å². The Kier molecular flexibility index (Phi) is 4.57. The molecule has 0 saturated carbocycles. The zero-order valence-electron chi connectivity index (χ0n) is 16.7. The van der Waals surface area contributed by atoms with Gasteiger partial charge in [0.1, 0.15) is 11.4 Å². The van der Waals surface area contributed by atoms with Gasteiger partial charge in [0.05, 0.1) is 11.2 Å². The maximum atomic E-state index is 6.23. The van der Waals surface area contributed by atoms with E-state index in [0.717, 1.165) is 24.4 Å². The van der Waals surface area contributed by atoms with E-state index in [2.05, 4.69) is 38.7 Å². The fourth-order valence-electron chi connectivity index (χ4n) is 3.10. The van der Waals surface area contributed by atoms with Crippen molar-refractivity contribution in [1.29, 1.82) is 0 Å². The van der Waals surface area contributed by atoms with Crippen molar-refractivity contribution in [3.63, 3.8) is 0 Å². The number of rotatable bonds is 3. The first-order valence-corrected chi connectivity index (χ1v) is 9.28. The second-order valence-electron chi connectivity index (χ2n) is 9.09. The number of ether oxygens (including phenoxy) is 1. The Morgan fingerprint density at radius 1 is 1.04 bits per heavy atom. The highest BCUT2D eigenvalue weighted by Gasteiger charge is 2.52. The number of aromatic nitrogens is 1. The number of pyridine rings is 1. The summed E-state index contributed by atoms with van der Waals surface area (Å²) in [6.45, 7) is 16.5. The van der Waals surface area contributed by atoms with Crippen molar-refractivity contribution in [3.05, 3.63) is 12.1 Å². The zero-order valence-corrected chi connectivity index (χ0v) is 16.7. The maximum absolute atomic E-state index is 6.23. The Morgan fingerprint density at radius 2 is 1.60 bits per heavy atom. The summed E-state index contributed by atoms with van der Waals surface area (Å²) >= 11 is 0. The summed E-state index contributed by atoms with van der Waals surface area (Å²) < 4.78 is 18.5. The lowest BCUT2D eigenvalue weighted by atomic mass is 9.79. The van der Waals surface area contributed by atoms with Crippen LogP contribution >= 0.6 is 0 Å². The first-order chi connectivity index (χ1) is 11.5. The van der Waals surface area contributed by atoms with Crippen LogP contribution in [0.5, 0.6) is 5.88 Å².